The van der Waals surface area contributed by atoms with Crippen LogP contribution >= 0.6 is 11.3 Å². The van der Waals surface area contributed by atoms with E-state index < -0.39 is 11.9 Å². The normalized spacial score (nSPS) is 10.5. The fraction of sp³-hybridized carbons (Fsp3) is 0.308. The number of furan rings is 1. The number of amides is 1. The third-order valence-corrected chi connectivity index (χ3v) is 3.81. The van der Waals surface area contributed by atoms with Gasteiger partial charge in [-0.25, -0.2) is 9.78 Å². The molecule has 0 saturated heterocycles. The van der Waals surface area contributed by atoms with E-state index in [0.29, 0.717) is 13.0 Å². The fourth-order valence-electron chi connectivity index (χ4n) is 1.76. The average Bonchev–Trinajstić information content (AvgIpc) is 2.97. The van der Waals surface area contributed by atoms with Crippen LogP contribution in [0, 0.1) is 13.8 Å². The van der Waals surface area contributed by atoms with Gasteiger partial charge in [0.25, 0.3) is 5.91 Å². The molecule has 7 heteroatoms. The SMILES string of the molecule is Cc1nc(C)c(CCNC(=O)c2ccc(C(=O)O)o2)s1. The maximum atomic E-state index is 11.8. The first-order valence-corrected chi connectivity index (χ1v) is 6.83. The highest BCUT2D eigenvalue weighted by atomic mass is 32.1. The monoisotopic (exact) mass is 294 g/mol. The van der Waals surface area contributed by atoms with E-state index in [1.54, 1.807) is 11.3 Å². The number of carbonyl (C=O) groups excluding carboxylic acids is 1. The summed E-state index contributed by atoms with van der Waals surface area (Å²) in [7, 11) is 0. The highest BCUT2D eigenvalue weighted by Gasteiger charge is 2.14. The minimum absolute atomic E-state index is 0.000364. The molecule has 0 aliphatic heterocycles. The molecule has 0 spiro atoms. The van der Waals surface area contributed by atoms with E-state index in [0.717, 1.165) is 15.6 Å². The van der Waals surface area contributed by atoms with Gasteiger partial charge in [-0.3, -0.25) is 4.79 Å². The van der Waals surface area contributed by atoms with Gasteiger partial charge in [0, 0.05) is 17.8 Å². The number of hydrogen-bond acceptors (Lipinski definition) is 5. The fourth-order valence-corrected chi connectivity index (χ4v) is 2.69. The summed E-state index contributed by atoms with van der Waals surface area (Å²) in [6.45, 7) is 4.33. The Bertz CT molecular complexity index is 645. The first-order chi connectivity index (χ1) is 9.47. The van der Waals surface area contributed by atoms with Crippen molar-refractivity contribution in [3.63, 3.8) is 0 Å². The van der Waals surface area contributed by atoms with E-state index in [-0.39, 0.29) is 11.5 Å². The van der Waals surface area contributed by atoms with Crippen LogP contribution in [0.5, 0.6) is 0 Å². The number of hydrogen-bond donors (Lipinski definition) is 2. The predicted octanol–water partition coefficient (Wildman–Crippen LogP) is 2.02. The topological polar surface area (TPSA) is 92.4 Å². The van der Waals surface area contributed by atoms with Crippen LogP contribution in [-0.4, -0.2) is 28.5 Å². The summed E-state index contributed by atoms with van der Waals surface area (Å²) in [6.07, 6.45) is 0.690. The van der Waals surface area contributed by atoms with Gasteiger partial charge in [-0.05, 0) is 26.0 Å². The van der Waals surface area contributed by atoms with Gasteiger partial charge in [0.15, 0.2) is 5.76 Å². The predicted molar refractivity (Wildman–Crippen MR) is 73.3 cm³/mol. The molecule has 1 amide bonds. The molecular weight excluding hydrogens is 280 g/mol. The van der Waals surface area contributed by atoms with Crippen molar-refractivity contribution in [3.05, 3.63) is 39.2 Å². The maximum Gasteiger partial charge on any atom is 0.371 e. The van der Waals surface area contributed by atoms with Gasteiger partial charge in [0.2, 0.25) is 5.76 Å². The molecule has 2 heterocycles. The van der Waals surface area contributed by atoms with Crippen LogP contribution in [0.2, 0.25) is 0 Å². The van der Waals surface area contributed by atoms with Gasteiger partial charge in [-0.1, -0.05) is 0 Å². The van der Waals surface area contributed by atoms with Crippen LogP contribution in [0.1, 0.15) is 36.7 Å². The molecule has 0 aliphatic rings. The van der Waals surface area contributed by atoms with E-state index in [4.69, 9.17) is 9.52 Å². The Labute approximate surface area is 119 Å². The van der Waals surface area contributed by atoms with Crippen LogP contribution in [0.4, 0.5) is 0 Å². The number of carboxylic acids is 1. The minimum atomic E-state index is -1.19. The number of carbonyl (C=O) groups is 2. The molecule has 0 saturated carbocycles. The van der Waals surface area contributed by atoms with Crippen molar-refractivity contribution in [2.75, 3.05) is 6.54 Å². The lowest BCUT2D eigenvalue weighted by atomic mass is 10.3. The Kier molecular flexibility index (Phi) is 4.19. The molecular formula is C13H14N2O4S. The van der Waals surface area contributed by atoms with E-state index >= 15 is 0 Å². The molecule has 0 atom stereocenters. The average molecular weight is 294 g/mol. The van der Waals surface area contributed by atoms with Crippen LogP contribution in [0.25, 0.3) is 0 Å². The van der Waals surface area contributed by atoms with Crippen molar-refractivity contribution in [1.29, 1.82) is 0 Å². The largest absolute Gasteiger partial charge is 0.475 e. The number of thiazole rings is 1. The summed E-state index contributed by atoms with van der Waals surface area (Å²) in [5.41, 5.74) is 0.980. The Morgan fingerprint density at radius 1 is 1.35 bits per heavy atom. The summed E-state index contributed by atoms with van der Waals surface area (Å²) < 4.78 is 4.92. The molecule has 0 aliphatic carbocycles. The number of nitrogens with one attached hydrogen (secondary N) is 1. The Morgan fingerprint density at radius 2 is 2.05 bits per heavy atom. The smallest absolute Gasteiger partial charge is 0.371 e. The number of aromatic carboxylic acids is 1. The van der Waals surface area contributed by atoms with Crippen molar-refractivity contribution in [2.45, 2.75) is 20.3 Å². The van der Waals surface area contributed by atoms with Crippen LogP contribution in [0.3, 0.4) is 0 Å². The second-order valence-corrected chi connectivity index (χ2v) is 5.50. The zero-order valence-corrected chi connectivity index (χ0v) is 11.9. The Morgan fingerprint density at radius 3 is 2.60 bits per heavy atom. The Hall–Kier alpha value is -2.15. The van der Waals surface area contributed by atoms with Gasteiger partial charge >= 0.3 is 5.97 Å². The van der Waals surface area contributed by atoms with Crippen molar-refractivity contribution in [1.82, 2.24) is 10.3 Å². The van der Waals surface area contributed by atoms with Gasteiger partial charge in [-0.15, -0.1) is 11.3 Å². The van der Waals surface area contributed by atoms with Gasteiger partial charge in [0.05, 0.1) is 10.7 Å². The second-order valence-electron chi connectivity index (χ2n) is 4.22. The first kappa shape index (κ1) is 14.3. The van der Waals surface area contributed by atoms with Gasteiger partial charge < -0.3 is 14.8 Å². The van der Waals surface area contributed by atoms with Crippen molar-refractivity contribution < 1.29 is 19.1 Å². The molecule has 2 rings (SSSR count). The third kappa shape index (κ3) is 3.24. The number of aromatic nitrogens is 1. The van der Waals surface area contributed by atoms with E-state index in [1.165, 1.54) is 12.1 Å². The van der Waals surface area contributed by atoms with E-state index in [1.807, 2.05) is 13.8 Å². The highest BCUT2D eigenvalue weighted by Crippen LogP contribution is 2.17. The molecule has 20 heavy (non-hydrogen) atoms. The van der Waals surface area contributed by atoms with E-state index in [9.17, 15) is 9.59 Å². The summed E-state index contributed by atoms with van der Waals surface area (Å²) in [5, 5.41) is 12.4. The van der Waals surface area contributed by atoms with Gasteiger partial charge in [-0.2, -0.15) is 0 Å². The van der Waals surface area contributed by atoms with Crippen molar-refractivity contribution >= 4 is 23.2 Å². The van der Waals surface area contributed by atoms with Crippen molar-refractivity contribution in [2.24, 2.45) is 0 Å². The molecule has 0 aromatic carbocycles. The first-order valence-electron chi connectivity index (χ1n) is 6.01. The maximum absolute atomic E-state index is 11.8. The number of carboxylic acid groups (broad SMARTS) is 1. The molecule has 0 bridgehead atoms. The molecule has 2 N–H and O–H groups in total. The molecule has 0 unspecified atom stereocenters. The number of nitrogens with zero attached hydrogens (tertiary/aromatic N) is 1. The summed E-state index contributed by atoms with van der Waals surface area (Å²) in [4.78, 5) is 27.8. The number of rotatable bonds is 5. The zero-order chi connectivity index (χ0) is 14.7. The molecule has 0 radical (unpaired) electrons. The quantitative estimate of drug-likeness (QED) is 0.880. The molecule has 6 nitrogen and oxygen atoms in total. The highest BCUT2D eigenvalue weighted by molar-refractivity contribution is 7.11. The lowest BCUT2D eigenvalue weighted by Gasteiger charge is -2.02. The lowest BCUT2D eigenvalue weighted by Crippen LogP contribution is -2.25. The molecule has 2 aromatic heterocycles. The lowest BCUT2D eigenvalue weighted by molar-refractivity contribution is 0.0659. The van der Waals surface area contributed by atoms with Crippen LogP contribution in [0.15, 0.2) is 16.5 Å². The molecule has 2 aromatic rings. The zero-order valence-electron chi connectivity index (χ0n) is 11.1. The standard InChI is InChI=1S/C13H14N2O4S/c1-7-11(20-8(2)15-7)5-6-14-12(16)9-3-4-10(19-9)13(17)18/h3-4H,5-6H2,1-2H3,(H,14,16)(H,17,18). The third-order valence-electron chi connectivity index (χ3n) is 2.68. The van der Waals surface area contributed by atoms with Crippen LogP contribution < -0.4 is 5.32 Å². The minimum Gasteiger partial charge on any atom is -0.475 e. The van der Waals surface area contributed by atoms with Crippen molar-refractivity contribution in [3.8, 4) is 0 Å². The molecule has 0 fully saturated rings. The summed E-state index contributed by atoms with van der Waals surface area (Å²) >= 11 is 1.61. The summed E-state index contributed by atoms with van der Waals surface area (Å²) in [6, 6.07) is 2.61. The second kappa shape index (κ2) is 5.87. The number of aryl methyl sites for hydroxylation is 2. The molecule has 106 valence electrons. The Balaban J connectivity index is 1.88. The van der Waals surface area contributed by atoms with E-state index in [2.05, 4.69) is 10.3 Å². The summed E-state index contributed by atoms with van der Waals surface area (Å²) in [5.74, 6) is -1.86. The van der Waals surface area contributed by atoms with Gasteiger partial charge in [0.1, 0.15) is 0 Å². The van der Waals surface area contributed by atoms with Crippen LogP contribution in [-0.2, 0) is 6.42 Å².